The summed E-state index contributed by atoms with van der Waals surface area (Å²) in [4.78, 5) is 33.6. The number of nitrogens with zero attached hydrogens (tertiary/aromatic N) is 2. The Hall–Kier alpha value is -2.53. The van der Waals surface area contributed by atoms with Crippen molar-refractivity contribution in [3.63, 3.8) is 0 Å². The molecular weight excluding hydrogens is 256 g/mol. The molecule has 1 aromatic carbocycles. The second kappa shape index (κ2) is 4.86. The van der Waals surface area contributed by atoms with E-state index in [9.17, 15) is 9.59 Å². The van der Waals surface area contributed by atoms with Crippen LogP contribution in [-0.4, -0.2) is 21.9 Å². The van der Waals surface area contributed by atoms with Gasteiger partial charge in [0.05, 0.1) is 16.8 Å². The van der Waals surface area contributed by atoms with Gasteiger partial charge in [-0.25, -0.2) is 0 Å². The van der Waals surface area contributed by atoms with Gasteiger partial charge in [-0.3, -0.25) is 19.4 Å². The Morgan fingerprint density at radius 3 is 2.25 bits per heavy atom. The van der Waals surface area contributed by atoms with Crippen LogP contribution in [0.2, 0.25) is 0 Å². The van der Waals surface area contributed by atoms with Crippen LogP contribution in [0.5, 0.6) is 0 Å². The van der Waals surface area contributed by atoms with Crippen molar-refractivity contribution >= 4 is 11.8 Å². The first-order valence-electron chi connectivity index (χ1n) is 6.19. The number of amides is 2. The Morgan fingerprint density at radius 1 is 1.05 bits per heavy atom. The first-order chi connectivity index (χ1) is 9.66. The fraction of sp³-hybridized carbons (Fsp3) is 0.133. The summed E-state index contributed by atoms with van der Waals surface area (Å²) in [5.74, 6) is -0.865. The summed E-state index contributed by atoms with van der Waals surface area (Å²) in [5, 5.41) is 0.798. The number of imide groups is 1. The number of benzene rings is 1. The van der Waals surface area contributed by atoms with E-state index >= 15 is 0 Å². The SMILES string of the molecule is Cc1ccc(CON2C(=O)c3ccccc3C2=O)nc1. The van der Waals surface area contributed by atoms with E-state index < -0.39 is 11.8 Å². The van der Waals surface area contributed by atoms with Gasteiger partial charge in [-0.05, 0) is 30.7 Å². The van der Waals surface area contributed by atoms with Gasteiger partial charge >= 0.3 is 0 Å². The highest BCUT2D eigenvalue weighted by molar-refractivity contribution is 6.20. The molecule has 0 fully saturated rings. The van der Waals surface area contributed by atoms with E-state index in [1.165, 1.54) is 0 Å². The molecule has 0 bridgehead atoms. The minimum atomic E-state index is -0.433. The fourth-order valence-corrected chi connectivity index (χ4v) is 2.00. The monoisotopic (exact) mass is 268 g/mol. The van der Waals surface area contributed by atoms with E-state index in [1.54, 1.807) is 36.5 Å². The number of aromatic nitrogens is 1. The van der Waals surface area contributed by atoms with E-state index in [0.717, 1.165) is 10.6 Å². The van der Waals surface area contributed by atoms with Crippen LogP contribution in [0.15, 0.2) is 42.6 Å². The smallest absolute Gasteiger partial charge is 0.266 e. The van der Waals surface area contributed by atoms with E-state index in [4.69, 9.17) is 4.84 Å². The van der Waals surface area contributed by atoms with Crippen molar-refractivity contribution in [1.29, 1.82) is 0 Å². The molecule has 3 rings (SSSR count). The molecule has 0 N–H and O–H groups in total. The first-order valence-corrected chi connectivity index (χ1v) is 6.19. The van der Waals surface area contributed by atoms with Crippen LogP contribution in [0.1, 0.15) is 32.0 Å². The van der Waals surface area contributed by atoms with Gasteiger partial charge in [0.25, 0.3) is 11.8 Å². The molecule has 0 aliphatic carbocycles. The zero-order valence-electron chi connectivity index (χ0n) is 10.9. The molecule has 0 unspecified atom stereocenters. The molecule has 0 atom stereocenters. The first kappa shape index (κ1) is 12.5. The number of aryl methyl sites for hydroxylation is 1. The second-order valence-electron chi connectivity index (χ2n) is 4.55. The molecular formula is C15H12N2O3. The maximum atomic E-state index is 12.0. The van der Waals surface area contributed by atoms with Crippen molar-refractivity contribution in [3.05, 3.63) is 65.0 Å². The summed E-state index contributed by atoms with van der Waals surface area (Å²) in [6.45, 7) is 2.01. The maximum Gasteiger partial charge on any atom is 0.285 e. The third-order valence-corrected chi connectivity index (χ3v) is 3.07. The normalized spacial score (nSPS) is 13.8. The van der Waals surface area contributed by atoms with Gasteiger partial charge in [-0.1, -0.05) is 18.2 Å². The molecule has 2 heterocycles. The topological polar surface area (TPSA) is 59.5 Å². The van der Waals surface area contributed by atoms with Gasteiger partial charge in [0, 0.05) is 6.20 Å². The predicted octanol–water partition coefficient (Wildman–Crippen LogP) is 2.12. The van der Waals surface area contributed by atoms with Gasteiger partial charge in [-0.15, -0.1) is 5.06 Å². The number of hydrogen-bond acceptors (Lipinski definition) is 4. The zero-order valence-corrected chi connectivity index (χ0v) is 10.9. The van der Waals surface area contributed by atoms with Crippen LogP contribution in [0.4, 0.5) is 0 Å². The lowest BCUT2D eigenvalue weighted by atomic mass is 10.1. The molecule has 2 amide bonds. The summed E-state index contributed by atoms with van der Waals surface area (Å²) in [6, 6.07) is 10.4. The predicted molar refractivity (Wildman–Crippen MR) is 70.7 cm³/mol. The van der Waals surface area contributed by atoms with E-state index in [-0.39, 0.29) is 6.61 Å². The highest BCUT2D eigenvalue weighted by Crippen LogP contribution is 2.23. The lowest BCUT2D eigenvalue weighted by Gasteiger charge is -2.12. The average Bonchev–Trinajstić information content (AvgIpc) is 2.71. The van der Waals surface area contributed by atoms with Crippen LogP contribution >= 0.6 is 0 Å². The summed E-state index contributed by atoms with van der Waals surface area (Å²) in [5.41, 5.74) is 2.44. The van der Waals surface area contributed by atoms with E-state index in [1.807, 2.05) is 13.0 Å². The molecule has 100 valence electrons. The van der Waals surface area contributed by atoms with Crippen molar-refractivity contribution in [3.8, 4) is 0 Å². The molecule has 5 nitrogen and oxygen atoms in total. The molecule has 2 aromatic rings. The fourth-order valence-electron chi connectivity index (χ4n) is 2.00. The Morgan fingerprint density at radius 2 is 1.70 bits per heavy atom. The van der Waals surface area contributed by atoms with Crippen molar-refractivity contribution in [2.75, 3.05) is 0 Å². The second-order valence-corrected chi connectivity index (χ2v) is 4.55. The zero-order chi connectivity index (χ0) is 14.1. The molecule has 1 aliphatic heterocycles. The van der Waals surface area contributed by atoms with Crippen LogP contribution < -0.4 is 0 Å². The maximum absolute atomic E-state index is 12.0. The van der Waals surface area contributed by atoms with Crippen LogP contribution in [0.3, 0.4) is 0 Å². The molecule has 0 saturated heterocycles. The largest absolute Gasteiger partial charge is 0.285 e. The number of pyridine rings is 1. The lowest BCUT2D eigenvalue weighted by Crippen LogP contribution is -2.29. The van der Waals surface area contributed by atoms with Crippen LogP contribution in [0, 0.1) is 6.92 Å². The molecule has 0 saturated carbocycles. The number of fused-ring (bicyclic) bond motifs is 1. The number of carbonyl (C=O) groups excluding carboxylic acids is 2. The minimum absolute atomic E-state index is 0.0751. The van der Waals surface area contributed by atoms with Gasteiger partial charge in [0.15, 0.2) is 0 Å². The lowest BCUT2D eigenvalue weighted by molar-refractivity contribution is -0.102. The molecule has 20 heavy (non-hydrogen) atoms. The van der Waals surface area contributed by atoms with Crippen molar-refractivity contribution < 1.29 is 14.4 Å². The third-order valence-electron chi connectivity index (χ3n) is 3.07. The van der Waals surface area contributed by atoms with Gasteiger partial charge < -0.3 is 0 Å². The Kier molecular flexibility index (Phi) is 3.04. The van der Waals surface area contributed by atoms with Crippen molar-refractivity contribution in [2.24, 2.45) is 0 Å². The molecule has 0 radical (unpaired) electrons. The molecule has 1 aromatic heterocycles. The third kappa shape index (κ3) is 2.08. The number of hydroxylamine groups is 2. The summed E-state index contributed by atoms with van der Waals surface area (Å²) < 4.78 is 0. The van der Waals surface area contributed by atoms with Crippen molar-refractivity contribution in [1.82, 2.24) is 10.0 Å². The summed E-state index contributed by atoms with van der Waals surface area (Å²) >= 11 is 0. The van der Waals surface area contributed by atoms with Gasteiger partial charge in [-0.2, -0.15) is 0 Å². The summed E-state index contributed by atoms with van der Waals surface area (Å²) in [7, 11) is 0. The van der Waals surface area contributed by atoms with Gasteiger partial charge in [0.1, 0.15) is 6.61 Å². The molecule has 1 aliphatic rings. The average molecular weight is 268 g/mol. The molecule has 5 heteroatoms. The number of hydrogen-bond donors (Lipinski definition) is 0. The van der Waals surface area contributed by atoms with Crippen LogP contribution in [-0.2, 0) is 11.4 Å². The number of carbonyl (C=O) groups is 2. The summed E-state index contributed by atoms with van der Waals surface area (Å²) in [6.07, 6.45) is 1.71. The highest BCUT2D eigenvalue weighted by Gasteiger charge is 2.36. The quantitative estimate of drug-likeness (QED) is 0.800. The van der Waals surface area contributed by atoms with Crippen LogP contribution in [0.25, 0.3) is 0 Å². The van der Waals surface area contributed by atoms with Crippen molar-refractivity contribution in [2.45, 2.75) is 13.5 Å². The van der Waals surface area contributed by atoms with E-state index in [0.29, 0.717) is 16.8 Å². The Balaban J connectivity index is 1.75. The molecule has 0 spiro atoms. The highest BCUT2D eigenvalue weighted by atomic mass is 16.7. The van der Waals surface area contributed by atoms with E-state index in [2.05, 4.69) is 4.98 Å². The standard InChI is InChI=1S/C15H12N2O3/c1-10-6-7-11(16-8-10)9-20-17-14(18)12-4-2-3-5-13(12)15(17)19/h2-8H,9H2,1H3. The van der Waals surface area contributed by atoms with Gasteiger partial charge in [0.2, 0.25) is 0 Å². The number of rotatable bonds is 3. The Bertz CT molecular complexity index is 645. The Labute approximate surface area is 115 Å². The minimum Gasteiger partial charge on any atom is -0.266 e.